The van der Waals surface area contributed by atoms with Gasteiger partial charge in [0.05, 0.1) is 27.8 Å². The van der Waals surface area contributed by atoms with Crippen molar-refractivity contribution in [1.29, 1.82) is 0 Å². The Bertz CT molecular complexity index is 2170. The molecule has 4 aromatic carbocycles. The zero-order valence-corrected chi connectivity index (χ0v) is 22.5. The summed E-state index contributed by atoms with van der Waals surface area (Å²) in [6, 6.07) is 36.1. The number of imidazole rings is 1. The van der Waals surface area contributed by atoms with Gasteiger partial charge in [-0.3, -0.25) is 4.98 Å². The number of aromatic nitrogens is 5. The van der Waals surface area contributed by atoms with Gasteiger partial charge in [0.2, 0.25) is 0 Å². The average molecular weight is 534 g/mol. The van der Waals surface area contributed by atoms with Crippen LogP contribution in [0.25, 0.3) is 71.7 Å². The molecule has 0 amide bonds. The Morgan fingerprint density at radius 3 is 2.40 bits per heavy atom. The Morgan fingerprint density at radius 2 is 1.55 bits per heavy atom. The van der Waals surface area contributed by atoms with E-state index in [0.717, 1.165) is 61.0 Å². The number of hydrogen-bond donors (Lipinski definition) is 0. The smallest absolute Gasteiger partial charge is 0.140 e. The van der Waals surface area contributed by atoms with Crippen LogP contribution in [-0.4, -0.2) is 24.1 Å². The Balaban J connectivity index is 1.44. The zero-order chi connectivity index (χ0) is 26.6. The molecule has 4 aromatic heterocycles. The number of hydrogen-bond acceptors (Lipinski definition) is 4. The summed E-state index contributed by atoms with van der Waals surface area (Å²) in [5, 5.41) is 5.44. The Morgan fingerprint density at radius 1 is 0.675 bits per heavy atom. The summed E-state index contributed by atoms with van der Waals surface area (Å²) < 4.78 is 4.53. The fourth-order valence-corrected chi connectivity index (χ4v) is 6.43. The van der Waals surface area contributed by atoms with Gasteiger partial charge in [0, 0.05) is 58.0 Å². The fourth-order valence-electron chi connectivity index (χ4n) is 5.76. The summed E-state index contributed by atoms with van der Waals surface area (Å²) in [5.74, 6) is 0.947. The molecule has 8 aromatic rings. The van der Waals surface area contributed by atoms with E-state index in [1.54, 1.807) is 11.3 Å². The number of thiazole rings is 1. The molecule has 0 fully saturated rings. The lowest BCUT2D eigenvalue weighted by Crippen LogP contribution is -1.96. The van der Waals surface area contributed by atoms with E-state index in [-0.39, 0.29) is 0 Å². The van der Waals surface area contributed by atoms with Crippen LogP contribution in [0.1, 0.15) is 0 Å². The predicted molar refractivity (Wildman–Crippen MR) is 165 cm³/mol. The molecule has 0 unspecified atom stereocenters. The van der Waals surface area contributed by atoms with E-state index in [2.05, 4.69) is 111 Å². The maximum Gasteiger partial charge on any atom is 0.140 e. The van der Waals surface area contributed by atoms with Gasteiger partial charge in [-0.1, -0.05) is 54.6 Å². The summed E-state index contributed by atoms with van der Waals surface area (Å²) >= 11 is 1.67. The number of benzene rings is 4. The molecular weight excluding hydrogens is 510 g/mol. The lowest BCUT2D eigenvalue weighted by molar-refractivity contribution is 0.959. The molecule has 0 N–H and O–H groups in total. The van der Waals surface area contributed by atoms with Crippen LogP contribution in [0, 0.1) is 0 Å². The van der Waals surface area contributed by atoms with Crippen molar-refractivity contribution in [2.24, 2.45) is 7.05 Å². The van der Waals surface area contributed by atoms with Crippen molar-refractivity contribution in [3.8, 4) is 38.9 Å². The van der Waals surface area contributed by atoms with E-state index in [9.17, 15) is 0 Å². The van der Waals surface area contributed by atoms with Gasteiger partial charge in [-0.05, 0) is 48.5 Å². The third kappa shape index (κ3) is 3.50. The van der Waals surface area contributed by atoms with Gasteiger partial charge in [0.15, 0.2) is 0 Å². The maximum absolute atomic E-state index is 4.99. The maximum atomic E-state index is 4.99. The second-order valence-corrected chi connectivity index (χ2v) is 10.7. The van der Waals surface area contributed by atoms with Gasteiger partial charge in [-0.25, -0.2) is 9.97 Å². The highest BCUT2D eigenvalue weighted by molar-refractivity contribution is 7.13. The number of pyridine rings is 1. The van der Waals surface area contributed by atoms with E-state index in [1.165, 1.54) is 10.8 Å². The van der Waals surface area contributed by atoms with Crippen molar-refractivity contribution in [3.05, 3.63) is 121 Å². The van der Waals surface area contributed by atoms with Crippen molar-refractivity contribution < 1.29 is 0 Å². The predicted octanol–water partition coefficient (Wildman–Crippen LogP) is 8.52. The summed E-state index contributed by atoms with van der Waals surface area (Å²) in [5.41, 5.74) is 9.72. The first kappa shape index (κ1) is 22.9. The summed E-state index contributed by atoms with van der Waals surface area (Å²) in [7, 11) is 2.08. The lowest BCUT2D eigenvalue weighted by Gasteiger charge is -2.11. The Hall–Kier alpha value is -5.07. The molecule has 0 aliphatic rings. The van der Waals surface area contributed by atoms with Gasteiger partial charge in [0.25, 0.3) is 0 Å². The number of fused-ring (bicyclic) bond motifs is 4. The number of para-hydroxylation sites is 2. The molecule has 0 bridgehead atoms. The van der Waals surface area contributed by atoms with Crippen molar-refractivity contribution >= 4 is 44.2 Å². The highest BCUT2D eigenvalue weighted by Gasteiger charge is 2.19. The molecule has 0 aliphatic carbocycles. The summed E-state index contributed by atoms with van der Waals surface area (Å²) in [6.07, 6.45) is 3.71. The van der Waals surface area contributed by atoms with Crippen LogP contribution in [0.15, 0.2) is 121 Å². The minimum atomic E-state index is 0.947. The molecule has 0 radical (unpaired) electrons. The number of nitrogens with zero attached hydrogens (tertiary/aromatic N) is 5. The van der Waals surface area contributed by atoms with E-state index in [0.29, 0.717) is 0 Å². The molecule has 8 rings (SSSR count). The molecule has 4 heterocycles. The quantitative estimate of drug-likeness (QED) is 0.228. The van der Waals surface area contributed by atoms with Crippen molar-refractivity contribution in [2.75, 3.05) is 0 Å². The first-order chi connectivity index (χ1) is 19.8. The number of rotatable bonds is 4. The minimum absolute atomic E-state index is 0.947. The van der Waals surface area contributed by atoms with E-state index in [1.807, 2.05) is 36.0 Å². The van der Waals surface area contributed by atoms with Crippen LogP contribution in [0.2, 0.25) is 0 Å². The normalized spacial score (nSPS) is 11.6. The second kappa shape index (κ2) is 9.00. The van der Waals surface area contributed by atoms with Crippen LogP contribution in [-0.2, 0) is 7.05 Å². The lowest BCUT2D eigenvalue weighted by atomic mass is 10.1. The number of aryl methyl sites for hydroxylation is 1. The molecular formula is C34H23N5S. The molecule has 190 valence electrons. The topological polar surface area (TPSA) is 48.5 Å². The van der Waals surface area contributed by atoms with Crippen molar-refractivity contribution in [1.82, 2.24) is 24.1 Å². The SMILES string of the molecule is Cn1c(-c2ccc3c4c(-c5nccs5)cccc4n(-c4cccc(-c5ccccn5)c4)c3c2)nc2ccccc21. The third-order valence-corrected chi connectivity index (χ3v) is 8.37. The largest absolute Gasteiger partial charge is 0.327 e. The molecule has 5 nitrogen and oxygen atoms in total. The summed E-state index contributed by atoms with van der Waals surface area (Å²) in [6.45, 7) is 0. The zero-order valence-electron chi connectivity index (χ0n) is 21.7. The monoisotopic (exact) mass is 533 g/mol. The molecule has 0 spiro atoms. The first-order valence-corrected chi connectivity index (χ1v) is 14.0. The van der Waals surface area contributed by atoms with Crippen molar-refractivity contribution in [3.63, 3.8) is 0 Å². The van der Waals surface area contributed by atoms with Gasteiger partial charge < -0.3 is 9.13 Å². The van der Waals surface area contributed by atoms with Gasteiger partial charge in [-0.2, -0.15) is 0 Å². The minimum Gasteiger partial charge on any atom is -0.327 e. The third-order valence-electron chi connectivity index (χ3n) is 7.56. The van der Waals surface area contributed by atoms with Gasteiger partial charge >= 0.3 is 0 Å². The standard InChI is InChI=1S/C34H23N5S/c1-38-29-13-3-2-12-28(29)37-33(38)23-15-16-25-31(21-23)39(24-9-6-8-22(20-24)27-11-4-5-17-35-27)30-14-7-10-26(32(25)30)34-36-18-19-40-34/h2-21H,1H3. The van der Waals surface area contributed by atoms with Crippen molar-refractivity contribution in [2.45, 2.75) is 0 Å². The van der Waals surface area contributed by atoms with Crippen LogP contribution < -0.4 is 0 Å². The second-order valence-electron chi connectivity index (χ2n) is 9.85. The fraction of sp³-hybridized carbons (Fsp3) is 0.0294. The van der Waals surface area contributed by atoms with Crippen LogP contribution >= 0.6 is 11.3 Å². The first-order valence-electron chi connectivity index (χ1n) is 13.2. The van der Waals surface area contributed by atoms with Gasteiger partial charge in [-0.15, -0.1) is 11.3 Å². The van der Waals surface area contributed by atoms with Crippen LogP contribution in [0.5, 0.6) is 0 Å². The van der Waals surface area contributed by atoms with E-state index in [4.69, 9.17) is 4.98 Å². The Labute approximate surface area is 234 Å². The molecule has 6 heteroatoms. The highest BCUT2D eigenvalue weighted by atomic mass is 32.1. The van der Waals surface area contributed by atoms with Crippen LogP contribution in [0.4, 0.5) is 0 Å². The molecule has 0 saturated heterocycles. The highest BCUT2D eigenvalue weighted by Crippen LogP contribution is 2.41. The molecule has 40 heavy (non-hydrogen) atoms. The summed E-state index contributed by atoms with van der Waals surface area (Å²) in [4.78, 5) is 14.3. The molecule has 0 atom stereocenters. The van der Waals surface area contributed by atoms with Crippen LogP contribution in [0.3, 0.4) is 0 Å². The van der Waals surface area contributed by atoms with Gasteiger partial charge in [0.1, 0.15) is 10.8 Å². The van der Waals surface area contributed by atoms with E-state index < -0.39 is 0 Å². The molecule has 0 aliphatic heterocycles. The van der Waals surface area contributed by atoms with E-state index >= 15 is 0 Å². The molecule has 0 saturated carbocycles. The average Bonchev–Trinajstić information content (AvgIpc) is 3.74. The Kier molecular flexibility index (Phi) is 5.15.